The second-order valence-corrected chi connectivity index (χ2v) is 3.49. The summed E-state index contributed by atoms with van der Waals surface area (Å²) in [6, 6.07) is 0.967. The van der Waals surface area contributed by atoms with Crippen LogP contribution in [0.5, 0.6) is 5.75 Å². The van der Waals surface area contributed by atoms with E-state index in [4.69, 9.17) is 10.6 Å². The Morgan fingerprint density at radius 2 is 2.24 bits per heavy atom. The summed E-state index contributed by atoms with van der Waals surface area (Å²) in [5.41, 5.74) is 2.92. The molecule has 0 fully saturated rings. The fraction of sp³-hybridized carbons (Fsp3) is 0.500. The molecule has 1 atom stereocenters. The smallest absolute Gasteiger partial charge is 0.389 e. The molecule has 3 N–H and O–H groups in total. The van der Waals surface area contributed by atoms with Gasteiger partial charge in [0.05, 0.1) is 19.3 Å². The van der Waals surface area contributed by atoms with E-state index >= 15 is 0 Å². The van der Waals surface area contributed by atoms with E-state index in [9.17, 15) is 13.2 Å². The van der Waals surface area contributed by atoms with Gasteiger partial charge in [0, 0.05) is 18.2 Å². The van der Waals surface area contributed by atoms with E-state index in [1.165, 1.54) is 19.5 Å². The number of alkyl halides is 3. The maximum absolute atomic E-state index is 12.1. The summed E-state index contributed by atoms with van der Waals surface area (Å²) in [5.74, 6) is 5.68. The van der Waals surface area contributed by atoms with E-state index in [0.717, 1.165) is 0 Å². The number of aromatic nitrogens is 1. The SMILES string of the molecule is COc1cnccc1C(CCC(F)(F)F)NN. The highest BCUT2D eigenvalue weighted by Gasteiger charge is 2.29. The second-order valence-electron chi connectivity index (χ2n) is 3.49. The van der Waals surface area contributed by atoms with E-state index < -0.39 is 18.6 Å². The van der Waals surface area contributed by atoms with E-state index in [1.807, 2.05) is 0 Å². The fourth-order valence-electron chi connectivity index (χ4n) is 1.49. The van der Waals surface area contributed by atoms with Gasteiger partial charge in [0.25, 0.3) is 0 Å². The van der Waals surface area contributed by atoms with Crippen LogP contribution in [0.4, 0.5) is 13.2 Å². The molecule has 1 heterocycles. The molecule has 0 aliphatic rings. The molecule has 1 rings (SSSR count). The Bertz CT molecular complexity index is 357. The minimum Gasteiger partial charge on any atom is -0.495 e. The van der Waals surface area contributed by atoms with Crippen LogP contribution in [0, 0.1) is 0 Å². The lowest BCUT2D eigenvalue weighted by molar-refractivity contribution is -0.136. The molecule has 1 aromatic rings. The van der Waals surface area contributed by atoms with Crippen LogP contribution in [0.15, 0.2) is 18.5 Å². The Morgan fingerprint density at radius 1 is 1.53 bits per heavy atom. The van der Waals surface area contributed by atoms with Gasteiger partial charge in [-0.3, -0.25) is 16.3 Å². The molecule has 1 unspecified atom stereocenters. The normalized spacial score (nSPS) is 13.5. The monoisotopic (exact) mass is 249 g/mol. The molecule has 0 spiro atoms. The number of hydrogen-bond donors (Lipinski definition) is 2. The zero-order valence-corrected chi connectivity index (χ0v) is 9.29. The zero-order valence-electron chi connectivity index (χ0n) is 9.29. The number of ether oxygens (including phenoxy) is 1. The molecular weight excluding hydrogens is 235 g/mol. The van der Waals surface area contributed by atoms with Gasteiger partial charge < -0.3 is 4.74 Å². The maximum Gasteiger partial charge on any atom is 0.389 e. The quantitative estimate of drug-likeness (QED) is 0.618. The number of halogens is 3. The van der Waals surface area contributed by atoms with Crippen LogP contribution in [0.25, 0.3) is 0 Å². The number of nitrogens with two attached hydrogens (primary N) is 1. The minimum atomic E-state index is -4.20. The van der Waals surface area contributed by atoms with Crippen molar-refractivity contribution in [2.75, 3.05) is 7.11 Å². The molecule has 0 saturated carbocycles. The number of hydrogen-bond acceptors (Lipinski definition) is 4. The summed E-state index contributed by atoms with van der Waals surface area (Å²) < 4.78 is 41.4. The molecule has 0 aliphatic heterocycles. The largest absolute Gasteiger partial charge is 0.495 e. The van der Waals surface area contributed by atoms with Crippen LogP contribution < -0.4 is 16.0 Å². The summed E-state index contributed by atoms with van der Waals surface area (Å²) in [6.45, 7) is 0. The predicted molar refractivity (Wildman–Crippen MR) is 56.1 cm³/mol. The highest BCUT2D eigenvalue weighted by atomic mass is 19.4. The van der Waals surface area contributed by atoms with Gasteiger partial charge >= 0.3 is 6.18 Å². The highest BCUT2D eigenvalue weighted by molar-refractivity contribution is 5.32. The molecule has 0 radical (unpaired) electrons. The number of hydrazine groups is 1. The van der Waals surface area contributed by atoms with Crippen LogP contribution >= 0.6 is 0 Å². The fourth-order valence-corrected chi connectivity index (χ4v) is 1.49. The van der Waals surface area contributed by atoms with Gasteiger partial charge in [-0.2, -0.15) is 13.2 Å². The lowest BCUT2D eigenvalue weighted by Gasteiger charge is -2.19. The standard InChI is InChI=1S/C10H14F3N3O/c1-17-9-6-15-5-3-7(9)8(16-14)2-4-10(11,12)13/h3,5-6,8,16H,2,4,14H2,1H3. The summed E-state index contributed by atoms with van der Waals surface area (Å²) in [4.78, 5) is 3.83. The molecule has 1 aromatic heterocycles. The van der Waals surface area contributed by atoms with Crippen molar-refractivity contribution in [2.45, 2.75) is 25.1 Å². The Morgan fingerprint density at radius 3 is 2.76 bits per heavy atom. The third-order valence-electron chi connectivity index (χ3n) is 2.33. The minimum absolute atomic E-state index is 0.152. The molecule has 0 bridgehead atoms. The van der Waals surface area contributed by atoms with Crippen molar-refractivity contribution >= 4 is 0 Å². The van der Waals surface area contributed by atoms with Gasteiger partial charge in [0.1, 0.15) is 5.75 Å². The van der Waals surface area contributed by atoms with E-state index in [2.05, 4.69) is 10.4 Å². The van der Waals surface area contributed by atoms with Gasteiger partial charge in [-0.15, -0.1) is 0 Å². The first kappa shape index (κ1) is 13.7. The molecule has 7 heteroatoms. The summed E-state index contributed by atoms with van der Waals surface area (Å²) >= 11 is 0. The summed E-state index contributed by atoms with van der Waals surface area (Å²) in [5, 5.41) is 0. The Balaban J connectivity index is 2.79. The molecule has 0 aromatic carbocycles. The van der Waals surface area contributed by atoms with E-state index in [1.54, 1.807) is 6.07 Å². The Hall–Kier alpha value is -1.34. The van der Waals surface area contributed by atoms with Crippen molar-refractivity contribution in [1.82, 2.24) is 10.4 Å². The molecule has 17 heavy (non-hydrogen) atoms. The van der Waals surface area contributed by atoms with Gasteiger partial charge in [-0.25, -0.2) is 0 Å². The summed E-state index contributed by atoms with van der Waals surface area (Å²) in [7, 11) is 1.43. The second kappa shape index (κ2) is 5.83. The maximum atomic E-state index is 12.1. The third-order valence-corrected chi connectivity index (χ3v) is 2.33. The average molecular weight is 249 g/mol. The third kappa shape index (κ3) is 4.20. The Labute approximate surface area is 96.9 Å². The number of nitrogens with zero attached hydrogens (tertiary/aromatic N) is 1. The van der Waals surface area contributed by atoms with Gasteiger partial charge in [-0.05, 0) is 12.5 Å². The van der Waals surface area contributed by atoms with E-state index in [0.29, 0.717) is 11.3 Å². The topological polar surface area (TPSA) is 60.2 Å². The lowest BCUT2D eigenvalue weighted by Crippen LogP contribution is -2.29. The van der Waals surface area contributed by atoms with Crippen molar-refractivity contribution in [3.63, 3.8) is 0 Å². The first-order valence-corrected chi connectivity index (χ1v) is 4.98. The summed E-state index contributed by atoms with van der Waals surface area (Å²) in [6.07, 6.45) is -2.34. The molecule has 0 saturated heterocycles. The van der Waals surface area contributed by atoms with Crippen LogP contribution in [0.3, 0.4) is 0 Å². The number of pyridine rings is 1. The van der Waals surface area contributed by atoms with Crippen LogP contribution in [0.2, 0.25) is 0 Å². The average Bonchev–Trinajstić information content (AvgIpc) is 2.29. The van der Waals surface area contributed by atoms with Crippen molar-refractivity contribution in [3.8, 4) is 5.75 Å². The first-order chi connectivity index (χ1) is 7.98. The zero-order chi connectivity index (χ0) is 12.9. The van der Waals surface area contributed by atoms with Crippen LogP contribution in [-0.2, 0) is 0 Å². The number of methoxy groups -OCH3 is 1. The number of nitrogens with one attached hydrogen (secondary N) is 1. The number of rotatable bonds is 5. The van der Waals surface area contributed by atoms with Crippen molar-refractivity contribution in [3.05, 3.63) is 24.0 Å². The Kier molecular flexibility index (Phi) is 4.71. The molecule has 0 amide bonds. The lowest BCUT2D eigenvalue weighted by atomic mass is 10.0. The molecule has 4 nitrogen and oxygen atoms in total. The van der Waals surface area contributed by atoms with Crippen LogP contribution in [-0.4, -0.2) is 18.3 Å². The van der Waals surface area contributed by atoms with Crippen molar-refractivity contribution in [2.24, 2.45) is 5.84 Å². The van der Waals surface area contributed by atoms with Crippen LogP contribution in [0.1, 0.15) is 24.4 Å². The van der Waals surface area contributed by atoms with E-state index in [-0.39, 0.29) is 6.42 Å². The molecular formula is C10H14F3N3O. The van der Waals surface area contributed by atoms with Gasteiger partial charge in [0.15, 0.2) is 0 Å². The highest BCUT2D eigenvalue weighted by Crippen LogP contribution is 2.30. The first-order valence-electron chi connectivity index (χ1n) is 4.98. The molecule has 0 aliphatic carbocycles. The van der Waals surface area contributed by atoms with Crippen molar-refractivity contribution < 1.29 is 17.9 Å². The van der Waals surface area contributed by atoms with Crippen molar-refractivity contribution in [1.29, 1.82) is 0 Å². The van der Waals surface area contributed by atoms with Gasteiger partial charge in [0.2, 0.25) is 0 Å². The van der Waals surface area contributed by atoms with Gasteiger partial charge in [-0.1, -0.05) is 0 Å². The predicted octanol–water partition coefficient (Wildman–Crippen LogP) is 1.94. The molecule has 96 valence electrons.